The predicted molar refractivity (Wildman–Crippen MR) is 76.7 cm³/mol. The van der Waals surface area contributed by atoms with Crippen LogP contribution in [0.4, 0.5) is 13.2 Å². The van der Waals surface area contributed by atoms with Crippen molar-refractivity contribution in [1.29, 1.82) is 0 Å². The summed E-state index contributed by atoms with van der Waals surface area (Å²) in [7, 11) is 0. The zero-order valence-corrected chi connectivity index (χ0v) is 11.7. The third-order valence-corrected chi connectivity index (χ3v) is 2.82. The first kappa shape index (κ1) is 16.5. The van der Waals surface area contributed by atoms with Gasteiger partial charge in [-0.05, 0) is 24.3 Å². The molecule has 2 rings (SSSR count). The number of alkyl halides is 3. The number of rotatable bonds is 5. The molecule has 0 unspecified atom stereocenters. The van der Waals surface area contributed by atoms with E-state index in [1.54, 1.807) is 18.2 Å². The molecule has 0 saturated heterocycles. The number of oxime groups is 1. The molecule has 0 radical (unpaired) electrons. The first-order valence-corrected chi connectivity index (χ1v) is 6.45. The van der Waals surface area contributed by atoms with Crippen molar-refractivity contribution in [2.75, 3.05) is 6.61 Å². The monoisotopic (exact) mass is 323 g/mol. The Hall–Kier alpha value is -2.90. The Kier molecular flexibility index (Phi) is 4.95. The molecule has 0 spiro atoms. The molecule has 2 aromatic rings. The second-order valence-corrected chi connectivity index (χ2v) is 4.46. The van der Waals surface area contributed by atoms with E-state index in [9.17, 15) is 18.0 Å². The average molecular weight is 323 g/mol. The van der Waals surface area contributed by atoms with E-state index in [0.29, 0.717) is 5.69 Å². The van der Waals surface area contributed by atoms with Gasteiger partial charge in [0.15, 0.2) is 12.4 Å². The Bertz CT molecular complexity index is 698. The molecule has 1 aromatic heterocycles. The average Bonchev–Trinajstić information content (AvgIpc) is 2.54. The van der Waals surface area contributed by atoms with Gasteiger partial charge in [0.1, 0.15) is 5.69 Å². The van der Waals surface area contributed by atoms with Crippen molar-refractivity contribution in [2.24, 2.45) is 10.9 Å². The lowest BCUT2D eigenvalue weighted by molar-refractivity contribution is -0.137. The lowest BCUT2D eigenvalue weighted by Gasteiger charge is -2.07. The summed E-state index contributed by atoms with van der Waals surface area (Å²) in [5.41, 5.74) is 5.26. The molecule has 0 bridgehead atoms. The minimum Gasteiger partial charge on any atom is -0.386 e. The number of amidine groups is 1. The van der Waals surface area contributed by atoms with Crippen LogP contribution >= 0.6 is 0 Å². The van der Waals surface area contributed by atoms with Gasteiger partial charge in [0, 0.05) is 11.8 Å². The third kappa shape index (κ3) is 4.53. The Morgan fingerprint density at radius 1 is 1.17 bits per heavy atom. The van der Waals surface area contributed by atoms with E-state index in [4.69, 9.17) is 10.6 Å². The molecule has 1 aromatic carbocycles. The second-order valence-electron chi connectivity index (χ2n) is 4.46. The van der Waals surface area contributed by atoms with E-state index in [0.717, 1.165) is 24.3 Å². The zero-order chi connectivity index (χ0) is 16.9. The van der Waals surface area contributed by atoms with Gasteiger partial charge in [0.25, 0.3) is 0 Å². The highest BCUT2D eigenvalue weighted by Crippen LogP contribution is 2.29. The number of pyridine rings is 1. The SMILES string of the molecule is NC(=NOCC(=O)c1ccc(C(F)(F)F)cc1)c1ccccn1. The van der Waals surface area contributed by atoms with E-state index in [1.807, 2.05) is 0 Å². The van der Waals surface area contributed by atoms with Crippen LogP contribution in [0.25, 0.3) is 0 Å². The van der Waals surface area contributed by atoms with Gasteiger partial charge < -0.3 is 10.6 Å². The Morgan fingerprint density at radius 2 is 1.87 bits per heavy atom. The van der Waals surface area contributed by atoms with Gasteiger partial charge in [-0.3, -0.25) is 9.78 Å². The highest BCUT2D eigenvalue weighted by atomic mass is 19.4. The first-order chi connectivity index (χ1) is 10.9. The van der Waals surface area contributed by atoms with Crippen molar-refractivity contribution in [2.45, 2.75) is 6.18 Å². The van der Waals surface area contributed by atoms with Gasteiger partial charge >= 0.3 is 6.18 Å². The largest absolute Gasteiger partial charge is 0.416 e. The maximum Gasteiger partial charge on any atom is 0.416 e. The number of ketones is 1. The van der Waals surface area contributed by atoms with Crippen LogP contribution in [0.3, 0.4) is 0 Å². The van der Waals surface area contributed by atoms with Gasteiger partial charge in [0.2, 0.25) is 5.78 Å². The van der Waals surface area contributed by atoms with Crippen LogP contribution in [0.2, 0.25) is 0 Å². The van der Waals surface area contributed by atoms with E-state index in [1.165, 1.54) is 6.20 Å². The first-order valence-electron chi connectivity index (χ1n) is 6.45. The molecular formula is C15H12F3N3O2. The minimum absolute atomic E-state index is 0.00850. The number of carbonyl (C=O) groups excluding carboxylic acids is 1. The number of nitrogens with two attached hydrogens (primary N) is 1. The number of hydrogen-bond donors (Lipinski definition) is 1. The number of aromatic nitrogens is 1. The summed E-state index contributed by atoms with van der Waals surface area (Å²) >= 11 is 0. The number of halogens is 3. The van der Waals surface area contributed by atoms with Crippen LogP contribution in [0.1, 0.15) is 21.6 Å². The quantitative estimate of drug-likeness (QED) is 0.397. The third-order valence-electron chi connectivity index (χ3n) is 2.82. The van der Waals surface area contributed by atoms with Crippen molar-refractivity contribution < 1.29 is 22.8 Å². The maximum atomic E-state index is 12.4. The van der Waals surface area contributed by atoms with Crippen molar-refractivity contribution in [3.05, 3.63) is 65.5 Å². The predicted octanol–water partition coefficient (Wildman–Crippen LogP) is 2.62. The number of benzene rings is 1. The van der Waals surface area contributed by atoms with E-state index in [2.05, 4.69) is 10.1 Å². The summed E-state index contributed by atoms with van der Waals surface area (Å²) in [4.78, 5) is 20.5. The van der Waals surface area contributed by atoms with Crippen LogP contribution in [0, 0.1) is 0 Å². The molecule has 0 atom stereocenters. The molecule has 0 amide bonds. The van der Waals surface area contributed by atoms with Crippen LogP contribution in [0.5, 0.6) is 0 Å². The molecule has 1 heterocycles. The Labute approximate surface area is 129 Å². The molecule has 0 aliphatic heterocycles. The molecule has 0 fully saturated rings. The second kappa shape index (κ2) is 6.91. The summed E-state index contributed by atoms with van der Waals surface area (Å²) in [6, 6.07) is 8.85. The van der Waals surface area contributed by atoms with Gasteiger partial charge in [0.05, 0.1) is 5.56 Å². The summed E-state index contributed by atoms with van der Waals surface area (Å²) in [5, 5.41) is 3.55. The van der Waals surface area contributed by atoms with Gasteiger partial charge in [-0.2, -0.15) is 13.2 Å². The lowest BCUT2D eigenvalue weighted by atomic mass is 10.1. The van der Waals surface area contributed by atoms with Crippen molar-refractivity contribution in [3.8, 4) is 0 Å². The molecule has 5 nitrogen and oxygen atoms in total. The topological polar surface area (TPSA) is 77.6 Å². The van der Waals surface area contributed by atoms with Crippen LogP contribution in [-0.2, 0) is 11.0 Å². The van der Waals surface area contributed by atoms with Crippen LogP contribution in [-0.4, -0.2) is 23.2 Å². The van der Waals surface area contributed by atoms with E-state index >= 15 is 0 Å². The van der Waals surface area contributed by atoms with Crippen molar-refractivity contribution in [3.63, 3.8) is 0 Å². The molecular weight excluding hydrogens is 311 g/mol. The molecule has 120 valence electrons. The Morgan fingerprint density at radius 3 is 2.43 bits per heavy atom. The fourth-order valence-electron chi connectivity index (χ4n) is 1.65. The normalized spacial score (nSPS) is 12.0. The highest BCUT2D eigenvalue weighted by molar-refractivity contribution is 5.97. The number of nitrogens with zero attached hydrogens (tertiary/aromatic N) is 2. The fourth-order valence-corrected chi connectivity index (χ4v) is 1.65. The number of hydrogen-bond acceptors (Lipinski definition) is 4. The summed E-state index contributed by atoms with van der Waals surface area (Å²) in [6.45, 7) is -0.446. The molecule has 0 saturated carbocycles. The molecule has 8 heteroatoms. The molecule has 0 aliphatic carbocycles. The van der Waals surface area contributed by atoms with Crippen molar-refractivity contribution in [1.82, 2.24) is 4.98 Å². The summed E-state index contributed by atoms with van der Waals surface area (Å²) in [6.07, 6.45) is -2.93. The summed E-state index contributed by atoms with van der Waals surface area (Å²) in [5.74, 6) is -0.526. The van der Waals surface area contributed by atoms with Crippen LogP contribution < -0.4 is 5.73 Å². The van der Waals surface area contributed by atoms with Crippen molar-refractivity contribution >= 4 is 11.6 Å². The molecule has 2 N–H and O–H groups in total. The zero-order valence-electron chi connectivity index (χ0n) is 11.7. The van der Waals surface area contributed by atoms with Gasteiger partial charge in [-0.15, -0.1) is 0 Å². The fraction of sp³-hybridized carbons (Fsp3) is 0.133. The Balaban J connectivity index is 1.95. The molecule has 23 heavy (non-hydrogen) atoms. The molecule has 0 aliphatic rings. The van der Waals surface area contributed by atoms with Gasteiger partial charge in [-0.1, -0.05) is 23.4 Å². The van der Waals surface area contributed by atoms with Gasteiger partial charge in [-0.25, -0.2) is 0 Å². The van der Waals surface area contributed by atoms with Crippen LogP contribution in [0.15, 0.2) is 53.8 Å². The maximum absolute atomic E-state index is 12.4. The number of Topliss-reactive ketones (excluding diaryl/α,β-unsaturated/α-hetero) is 1. The minimum atomic E-state index is -4.44. The van der Waals surface area contributed by atoms with E-state index in [-0.39, 0.29) is 11.4 Å². The lowest BCUT2D eigenvalue weighted by Crippen LogP contribution is -2.16. The standard InChI is InChI=1S/C15H12F3N3O2/c16-15(17,18)11-6-4-10(5-7-11)13(22)9-23-21-14(19)12-3-1-2-8-20-12/h1-8H,9H2,(H2,19,21). The number of carbonyl (C=O) groups is 1. The highest BCUT2D eigenvalue weighted by Gasteiger charge is 2.30. The van der Waals surface area contributed by atoms with E-state index < -0.39 is 24.1 Å². The summed E-state index contributed by atoms with van der Waals surface area (Å²) < 4.78 is 37.3. The smallest absolute Gasteiger partial charge is 0.386 e.